The second-order valence-corrected chi connectivity index (χ2v) is 11.3. The van der Waals surface area contributed by atoms with Crippen molar-refractivity contribution >= 4 is 27.5 Å². The Kier molecular flexibility index (Phi) is 7.96. The van der Waals surface area contributed by atoms with Crippen LogP contribution in [0.3, 0.4) is 0 Å². The maximum absolute atomic E-state index is 13.1. The molecule has 1 atom stereocenters. The Hall–Kier alpha value is -3.03. The fraction of sp³-hybridized carbons (Fsp3) is 0.462. The van der Waals surface area contributed by atoms with Gasteiger partial charge in [-0.3, -0.25) is 14.5 Å². The van der Waals surface area contributed by atoms with Gasteiger partial charge in [-0.05, 0) is 42.8 Å². The van der Waals surface area contributed by atoms with Crippen LogP contribution in [0.1, 0.15) is 23.8 Å². The molecule has 2 aromatic rings. The minimum absolute atomic E-state index is 0.0714. The number of ether oxygens (including phenoxy) is 2. The first-order chi connectivity index (χ1) is 18.4. The Balaban J connectivity index is 1.40. The zero-order chi connectivity index (χ0) is 26.7. The number of morpholine rings is 2. The van der Waals surface area contributed by atoms with Crippen LogP contribution in [-0.4, -0.2) is 105 Å². The number of nitrogens with zero attached hydrogens (tertiary/aromatic N) is 3. The van der Waals surface area contributed by atoms with E-state index in [1.165, 1.54) is 39.7 Å². The molecule has 1 unspecified atom stereocenters. The third-order valence-corrected chi connectivity index (χ3v) is 8.98. The van der Waals surface area contributed by atoms with Crippen LogP contribution in [0.5, 0.6) is 0 Å². The lowest BCUT2D eigenvalue weighted by molar-refractivity contribution is -0.140. The number of rotatable bonds is 8. The Morgan fingerprint density at radius 3 is 2.21 bits per heavy atom. The second kappa shape index (κ2) is 11.4. The van der Waals surface area contributed by atoms with Crippen molar-refractivity contribution in [3.8, 4) is 0 Å². The molecule has 1 aromatic carbocycles. The van der Waals surface area contributed by atoms with Crippen LogP contribution < -0.4 is 0 Å². The summed E-state index contributed by atoms with van der Waals surface area (Å²) >= 11 is 0. The number of hydrogen-bond donors (Lipinski definition) is 1. The van der Waals surface area contributed by atoms with Gasteiger partial charge in [-0.15, -0.1) is 0 Å². The van der Waals surface area contributed by atoms with E-state index in [0.717, 1.165) is 19.6 Å². The summed E-state index contributed by atoms with van der Waals surface area (Å²) in [6, 6.07) is 8.10. The number of ketones is 1. The van der Waals surface area contributed by atoms with E-state index >= 15 is 0 Å². The van der Waals surface area contributed by atoms with Gasteiger partial charge in [0.05, 0.1) is 43.2 Å². The highest BCUT2D eigenvalue weighted by molar-refractivity contribution is 7.89. The molecule has 0 bridgehead atoms. The van der Waals surface area contributed by atoms with Crippen LogP contribution in [0.25, 0.3) is 5.76 Å². The number of aliphatic hydroxyl groups excluding tert-OH is 1. The van der Waals surface area contributed by atoms with Crippen LogP contribution in [0.4, 0.5) is 0 Å². The molecule has 3 fully saturated rings. The van der Waals surface area contributed by atoms with Crippen molar-refractivity contribution in [2.24, 2.45) is 0 Å². The van der Waals surface area contributed by atoms with Gasteiger partial charge >= 0.3 is 0 Å². The van der Waals surface area contributed by atoms with Crippen molar-refractivity contribution in [3.05, 3.63) is 59.6 Å². The van der Waals surface area contributed by atoms with Crippen molar-refractivity contribution in [1.82, 2.24) is 14.1 Å². The summed E-state index contributed by atoms with van der Waals surface area (Å²) in [6.07, 6.45) is 2.09. The molecule has 3 aliphatic heterocycles. The number of carbonyl (C=O) groups excluding carboxylic acids is 2. The number of aliphatic hydroxyl groups is 1. The molecule has 3 aliphatic rings. The lowest BCUT2D eigenvalue weighted by Gasteiger charge is -2.28. The average molecular weight is 546 g/mol. The van der Waals surface area contributed by atoms with Crippen molar-refractivity contribution in [3.63, 3.8) is 0 Å². The molecule has 1 amide bonds. The van der Waals surface area contributed by atoms with Crippen molar-refractivity contribution in [1.29, 1.82) is 0 Å². The Bertz CT molecular complexity index is 1280. The smallest absolute Gasteiger partial charge is 0.295 e. The van der Waals surface area contributed by atoms with E-state index in [1.807, 2.05) is 0 Å². The van der Waals surface area contributed by atoms with E-state index in [1.54, 1.807) is 12.1 Å². The Morgan fingerprint density at radius 1 is 0.921 bits per heavy atom. The summed E-state index contributed by atoms with van der Waals surface area (Å²) in [6.45, 7) is 5.22. The molecule has 0 aliphatic carbocycles. The van der Waals surface area contributed by atoms with Crippen LogP contribution in [0.15, 0.2) is 57.5 Å². The highest BCUT2D eigenvalue weighted by atomic mass is 32.2. The quantitative estimate of drug-likeness (QED) is 0.298. The summed E-state index contributed by atoms with van der Waals surface area (Å²) in [7, 11) is -3.72. The fourth-order valence-corrected chi connectivity index (χ4v) is 6.43. The number of likely N-dealkylation sites (tertiary alicyclic amines) is 1. The van der Waals surface area contributed by atoms with Crippen LogP contribution >= 0.6 is 0 Å². The zero-order valence-corrected chi connectivity index (χ0v) is 21.8. The summed E-state index contributed by atoms with van der Waals surface area (Å²) in [5.74, 6) is -1.53. The lowest BCUT2D eigenvalue weighted by Crippen LogP contribution is -2.40. The topological polar surface area (TPSA) is 130 Å². The first kappa shape index (κ1) is 26.6. The monoisotopic (exact) mass is 545 g/mol. The van der Waals surface area contributed by atoms with Gasteiger partial charge in [0.1, 0.15) is 17.6 Å². The van der Waals surface area contributed by atoms with Gasteiger partial charge in [0.15, 0.2) is 0 Å². The molecular formula is C26H31N3O8S. The molecule has 4 heterocycles. The van der Waals surface area contributed by atoms with Crippen molar-refractivity contribution in [2.45, 2.75) is 17.4 Å². The lowest BCUT2D eigenvalue weighted by atomic mass is 9.99. The fourth-order valence-electron chi connectivity index (χ4n) is 5.02. The van der Waals surface area contributed by atoms with E-state index in [0.29, 0.717) is 45.2 Å². The Morgan fingerprint density at radius 2 is 1.58 bits per heavy atom. The molecule has 0 spiro atoms. The van der Waals surface area contributed by atoms with Crippen molar-refractivity contribution < 1.29 is 37.0 Å². The van der Waals surface area contributed by atoms with Gasteiger partial charge < -0.3 is 23.9 Å². The van der Waals surface area contributed by atoms with Gasteiger partial charge in [-0.25, -0.2) is 8.42 Å². The van der Waals surface area contributed by atoms with Gasteiger partial charge in [-0.2, -0.15) is 4.31 Å². The van der Waals surface area contributed by atoms with Gasteiger partial charge in [-0.1, -0.05) is 0 Å². The largest absolute Gasteiger partial charge is 0.507 e. The summed E-state index contributed by atoms with van der Waals surface area (Å²) in [5.41, 5.74) is 0.147. The highest BCUT2D eigenvalue weighted by Crippen LogP contribution is 2.39. The van der Waals surface area contributed by atoms with Crippen LogP contribution in [-0.2, 0) is 29.1 Å². The maximum atomic E-state index is 13.1. The van der Waals surface area contributed by atoms with Crippen molar-refractivity contribution in [2.75, 3.05) is 65.7 Å². The Labute approximate surface area is 221 Å². The van der Waals surface area contributed by atoms with Crippen LogP contribution in [0, 0.1) is 0 Å². The van der Waals surface area contributed by atoms with E-state index in [4.69, 9.17) is 13.9 Å². The SMILES string of the molecule is O=C1C(=O)N(CCCN2CCOCC2)C(c2ccco2)/C1=C(\O)c1ccc(S(=O)(=O)N2CCOCC2)cc1. The molecule has 204 valence electrons. The molecule has 11 nitrogen and oxygen atoms in total. The maximum Gasteiger partial charge on any atom is 0.295 e. The number of furan rings is 1. The molecule has 0 radical (unpaired) electrons. The third-order valence-electron chi connectivity index (χ3n) is 7.07. The predicted molar refractivity (Wildman–Crippen MR) is 136 cm³/mol. The second-order valence-electron chi connectivity index (χ2n) is 9.36. The normalized spacial score (nSPS) is 23.3. The average Bonchev–Trinajstić information content (AvgIpc) is 3.57. The number of Topliss-reactive ketones (excluding diaryl/α,β-unsaturated/α-hetero) is 1. The number of benzene rings is 1. The summed E-state index contributed by atoms with van der Waals surface area (Å²) < 4.78 is 43.4. The van der Waals surface area contributed by atoms with E-state index < -0.39 is 27.8 Å². The summed E-state index contributed by atoms with van der Waals surface area (Å²) in [4.78, 5) is 30.0. The van der Waals surface area contributed by atoms with Gasteiger partial charge in [0.25, 0.3) is 11.7 Å². The predicted octanol–water partition coefficient (Wildman–Crippen LogP) is 1.44. The van der Waals surface area contributed by atoms with E-state index in [9.17, 15) is 23.1 Å². The first-order valence-electron chi connectivity index (χ1n) is 12.7. The van der Waals surface area contributed by atoms with Gasteiger partial charge in [0, 0.05) is 44.8 Å². The number of hydrogen-bond acceptors (Lipinski definition) is 9. The van der Waals surface area contributed by atoms with E-state index in [-0.39, 0.29) is 34.9 Å². The zero-order valence-electron chi connectivity index (χ0n) is 21.0. The minimum Gasteiger partial charge on any atom is -0.507 e. The third kappa shape index (κ3) is 5.27. The molecule has 0 saturated carbocycles. The van der Waals surface area contributed by atoms with E-state index in [2.05, 4.69) is 4.90 Å². The number of carbonyl (C=O) groups is 2. The van der Waals surface area contributed by atoms with Crippen LogP contribution in [0.2, 0.25) is 0 Å². The molecule has 5 rings (SSSR count). The molecule has 1 N–H and O–H groups in total. The number of amides is 1. The molecule has 12 heteroatoms. The standard InChI is InChI=1S/C26H31N3O8S/c30-24(19-4-6-20(7-5-19)38(33,34)28-12-17-36-18-13-28)22-23(21-3-1-14-37-21)29(26(32)25(22)31)9-2-8-27-10-15-35-16-11-27/h1,3-7,14,23,30H,2,8-13,15-18H2/b24-22+. The molecule has 3 saturated heterocycles. The molecular weight excluding hydrogens is 514 g/mol. The summed E-state index contributed by atoms with van der Waals surface area (Å²) in [5, 5.41) is 11.2. The first-order valence-corrected chi connectivity index (χ1v) is 14.1. The molecule has 1 aromatic heterocycles. The minimum atomic E-state index is -3.72. The number of sulfonamides is 1. The highest BCUT2D eigenvalue weighted by Gasteiger charge is 2.47. The van der Waals surface area contributed by atoms with Gasteiger partial charge in [0.2, 0.25) is 10.0 Å². The molecule has 38 heavy (non-hydrogen) atoms.